The summed E-state index contributed by atoms with van der Waals surface area (Å²) in [5.41, 5.74) is 0. The van der Waals surface area contributed by atoms with Gasteiger partial charge in [-0.05, 0) is 52.5 Å². The highest BCUT2D eigenvalue weighted by atomic mass is 32.2. The summed E-state index contributed by atoms with van der Waals surface area (Å²) in [5.74, 6) is 0.248. The molecule has 0 aromatic carbocycles. The van der Waals surface area contributed by atoms with Crippen LogP contribution in [0.1, 0.15) is 26.2 Å². The summed E-state index contributed by atoms with van der Waals surface area (Å²) in [5, 5.41) is 2.98. The van der Waals surface area contributed by atoms with Gasteiger partial charge < -0.3 is 10.2 Å². The second kappa shape index (κ2) is 7.43. The monoisotopic (exact) mass is 277 g/mol. The second-order valence-corrected chi connectivity index (χ2v) is 7.10. The van der Waals surface area contributed by atoms with E-state index in [1.54, 1.807) is 11.4 Å². The summed E-state index contributed by atoms with van der Waals surface area (Å²) in [7, 11) is 0.500. The molecule has 0 radical (unpaired) electrons. The molecule has 18 heavy (non-hydrogen) atoms. The highest BCUT2D eigenvalue weighted by Crippen LogP contribution is 2.18. The Kier molecular flexibility index (Phi) is 6.55. The van der Waals surface area contributed by atoms with Crippen molar-refractivity contribution in [2.75, 3.05) is 46.0 Å². The van der Waals surface area contributed by atoms with E-state index in [1.165, 1.54) is 0 Å². The molecule has 1 saturated heterocycles. The summed E-state index contributed by atoms with van der Waals surface area (Å²) < 4.78 is 25.9. The normalized spacial score (nSPS) is 19.6. The van der Waals surface area contributed by atoms with Gasteiger partial charge in [-0.25, -0.2) is 12.7 Å². The average molecular weight is 277 g/mol. The molecule has 1 rings (SSSR count). The maximum Gasteiger partial charge on any atom is 0.214 e. The molecular weight excluding hydrogens is 250 g/mol. The van der Waals surface area contributed by atoms with E-state index in [9.17, 15) is 8.42 Å². The van der Waals surface area contributed by atoms with Crippen LogP contribution in [0.25, 0.3) is 0 Å². The Morgan fingerprint density at radius 1 is 1.33 bits per heavy atom. The first-order chi connectivity index (χ1) is 8.51. The van der Waals surface area contributed by atoms with Gasteiger partial charge in [0.05, 0.1) is 5.75 Å². The number of hydrogen-bond donors (Lipinski definition) is 1. The quantitative estimate of drug-likeness (QED) is 0.682. The Morgan fingerprint density at radius 2 is 1.94 bits per heavy atom. The van der Waals surface area contributed by atoms with Crippen molar-refractivity contribution >= 4 is 10.0 Å². The van der Waals surface area contributed by atoms with Crippen LogP contribution in [0.5, 0.6) is 0 Å². The van der Waals surface area contributed by atoms with Crippen LogP contribution in [0.15, 0.2) is 0 Å². The molecule has 0 spiro atoms. The van der Waals surface area contributed by atoms with E-state index < -0.39 is 10.0 Å². The van der Waals surface area contributed by atoms with E-state index in [4.69, 9.17) is 0 Å². The third-order valence-electron chi connectivity index (χ3n) is 3.79. The third-order valence-corrected chi connectivity index (χ3v) is 5.77. The van der Waals surface area contributed by atoms with E-state index in [1.807, 2.05) is 7.05 Å². The zero-order valence-corrected chi connectivity index (χ0v) is 12.7. The molecule has 1 heterocycles. The van der Waals surface area contributed by atoms with Gasteiger partial charge in [-0.2, -0.15) is 0 Å². The molecule has 0 bridgehead atoms. The van der Waals surface area contributed by atoms with Crippen LogP contribution in [0, 0.1) is 0 Å². The van der Waals surface area contributed by atoms with Crippen molar-refractivity contribution in [1.29, 1.82) is 0 Å². The molecule has 0 saturated carbocycles. The highest BCUT2D eigenvalue weighted by Gasteiger charge is 2.28. The first-order valence-corrected chi connectivity index (χ1v) is 8.45. The smallest absolute Gasteiger partial charge is 0.214 e. The molecular formula is C12H27N3O2S. The van der Waals surface area contributed by atoms with Gasteiger partial charge in [-0.3, -0.25) is 0 Å². The number of piperidine rings is 1. The largest absolute Gasteiger partial charge is 0.320 e. The molecule has 0 aliphatic carbocycles. The van der Waals surface area contributed by atoms with Crippen LogP contribution in [-0.2, 0) is 10.0 Å². The molecule has 5 nitrogen and oxygen atoms in total. The van der Waals surface area contributed by atoms with Gasteiger partial charge in [-0.1, -0.05) is 6.92 Å². The summed E-state index contributed by atoms with van der Waals surface area (Å²) in [6, 6.07) is 0.187. The molecule has 0 amide bonds. The fourth-order valence-electron chi connectivity index (χ4n) is 2.40. The van der Waals surface area contributed by atoms with Crippen LogP contribution in [-0.4, -0.2) is 69.7 Å². The molecule has 1 fully saturated rings. The molecule has 1 aliphatic rings. The van der Waals surface area contributed by atoms with Crippen molar-refractivity contribution < 1.29 is 8.42 Å². The molecule has 6 heteroatoms. The zero-order valence-electron chi connectivity index (χ0n) is 11.9. The number of likely N-dealkylation sites (tertiary alicyclic amines) is 1. The van der Waals surface area contributed by atoms with E-state index in [0.29, 0.717) is 6.42 Å². The van der Waals surface area contributed by atoms with Gasteiger partial charge >= 0.3 is 0 Å². The van der Waals surface area contributed by atoms with Gasteiger partial charge in [0, 0.05) is 13.1 Å². The van der Waals surface area contributed by atoms with Crippen LogP contribution >= 0.6 is 0 Å². The van der Waals surface area contributed by atoms with Crippen LogP contribution in [0.3, 0.4) is 0 Å². The first-order valence-electron chi connectivity index (χ1n) is 6.84. The Hall–Kier alpha value is -0.170. The molecule has 0 unspecified atom stereocenters. The Morgan fingerprint density at radius 3 is 2.44 bits per heavy atom. The van der Waals surface area contributed by atoms with Gasteiger partial charge in [-0.15, -0.1) is 0 Å². The van der Waals surface area contributed by atoms with E-state index in [2.05, 4.69) is 17.1 Å². The first kappa shape index (κ1) is 15.9. The summed E-state index contributed by atoms with van der Waals surface area (Å²) >= 11 is 0. The number of sulfonamides is 1. The fourth-order valence-corrected chi connectivity index (χ4v) is 3.86. The van der Waals surface area contributed by atoms with E-state index >= 15 is 0 Å². The summed E-state index contributed by atoms with van der Waals surface area (Å²) in [6.45, 7) is 5.99. The van der Waals surface area contributed by atoms with Crippen LogP contribution < -0.4 is 5.32 Å². The van der Waals surface area contributed by atoms with Crippen molar-refractivity contribution in [2.45, 2.75) is 32.2 Å². The van der Waals surface area contributed by atoms with Crippen LogP contribution in [0.4, 0.5) is 0 Å². The predicted octanol–water partition coefficient (Wildman–Crippen LogP) is 0.342. The maximum absolute atomic E-state index is 12.1. The molecule has 1 N–H and O–H groups in total. The summed E-state index contributed by atoms with van der Waals surface area (Å²) in [6.07, 6.45) is 2.59. The fraction of sp³-hybridized carbons (Fsp3) is 1.00. The van der Waals surface area contributed by atoms with Crippen molar-refractivity contribution in [1.82, 2.24) is 14.5 Å². The SMILES string of the molecule is CCN1CCC(N(C)S(=O)(=O)CCCNC)CC1. The third kappa shape index (κ3) is 4.50. The lowest BCUT2D eigenvalue weighted by molar-refractivity contribution is 0.176. The minimum atomic E-state index is -3.08. The molecule has 108 valence electrons. The lowest BCUT2D eigenvalue weighted by Gasteiger charge is -2.35. The molecule has 1 aliphatic heterocycles. The predicted molar refractivity (Wildman–Crippen MR) is 75.2 cm³/mol. The molecule has 0 aromatic heterocycles. The lowest BCUT2D eigenvalue weighted by Crippen LogP contribution is -2.46. The van der Waals surface area contributed by atoms with E-state index in [-0.39, 0.29) is 11.8 Å². The zero-order chi connectivity index (χ0) is 13.6. The van der Waals surface area contributed by atoms with Crippen molar-refractivity contribution in [3.05, 3.63) is 0 Å². The second-order valence-electron chi connectivity index (χ2n) is 4.95. The van der Waals surface area contributed by atoms with Gasteiger partial charge in [0.15, 0.2) is 0 Å². The van der Waals surface area contributed by atoms with Gasteiger partial charge in [0.25, 0.3) is 0 Å². The van der Waals surface area contributed by atoms with Crippen molar-refractivity contribution in [2.24, 2.45) is 0 Å². The number of hydrogen-bond acceptors (Lipinski definition) is 4. The van der Waals surface area contributed by atoms with Gasteiger partial charge in [0.1, 0.15) is 0 Å². The standard InChI is InChI=1S/C12H27N3O2S/c1-4-15-9-6-12(7-10-15)14(3)18(16,17)11-5-8-13-2/h12-13H,4-11H2,1-3H3. The summed E-state index contributed by atoms with van der Waals surface area (Å²) in [4.78, 5) is 2.37. The van der Waals surface area contributed by atoms with Gasteiger partial charge in [0.2, 0.25) is 10.0 Å². The Balaban J connectivity index is 2.45. The minimum absolute atomic E-state index is 0.187. The number of nitrogens with one attached hydrogen (secondary N) is 1. The number of nitrogens with zero attached hydrogens (tertiary/aromatic N) is 2. The average Bonchev–Trinajstić information content (AvgIpc) is 2.38. The molecule has 0 aromatic rings. The van der Waals surface area contributed by atoms with Crippen molar-refractivity contribution in [3.63, 3.8) is 0 Å². The van der Waals surface area contributed by atoms with Crippen LogP contribution in [0.2, 0.25) is 0 Å². The highest BCUT2D eigenvalue weighted by molar-refractivity contribution is 7.89. The topological polar surface area (TPSA) is 52.7 Å². The molecule has 0 atom stereocenters. The minimum Gasteiger partial charge on any atom is -0.320 e. The Bertz CT molecular complexity index is 324. The lowest BCUT2D eigenvalue weighted by atomic mass is 10.1. The maximum atomic E-state index is 12.1. The van der Waals surface area contributed by atoms with Crippen molar-refractivity contribution in [3.8, 4) is 0 Å². The number of rotatable bonds is 7. The Labute approximate surface area is 112 Å². The van der Waals surface area contributed by atoms with E-state index in [0.717, 1.165) is 39.0 Å².